The van der Waals surface area contributed by atoms with E-state index in [9.17, 15) is 9.59 Å². The Kier molecular flexibility index (Phi) is 6.32. The largest absolute Gasteiger partial charge is 0.354 e. The lowest BCUT2D eigenvalue weighted by Crippen LogP contribution is -2.48. The van der Waals surface area contributed by atoms with Gasteiger partial charge in [-0.2, -0.15) is 0 Å². The van der Waals surface area contributed by atoms with E-state index in [0.29, 0.717) is 23.4 Å². The smallest absolute Gasteiger partial charge is 0.223 e. The first kappa shape index (κ1) is 21.9. The second kappa shape index (κ2) is 8.66. The van der Waals surface area contributed by atoms with Crippen LogP contribution in [0.5, 0.6) is 0 Å². The summed E-state index contributed by atoms with van der Waals surface area (Å²) in [5.74, 6) is -0.0212. The van der Waals surface area contributed by atoms with Crippen molar-refractivity contribution in [3.63, 3.8) is 0 Å². The molecule has 4 nitrogen and oxygen atoms in total. The van der Waals surface area contributed by atoms with E-state index in [4.69, 9.17) is 23.2 Å². The van der Waals surface area contributed by atoms with E-state index in [1.165, 1.54) is 19.1 Å². The van der Waals surface area contributed by atoms with Gasteiger partial charge in [-0.05, 0) is 81.3 Å². The van der Waals surface area contributed by atoms with Gasteiger partial charge in [-0.15, -0.1) is 0 Å². The number of nitrogens with one attached hydrogen (secondary N) is 2. The van der Waals surface area contributed by atoms with Crippen LogP contribution in [0.25, 0.3) is 0 Å². The maximum atomic E-state index is 15.0. The van der Waals surface area contributed by atoms with Crippen LogP contribution >= 0.6 is 23.2 Å². The van der Waals surface area contributed by atoms with Crippen LogP contribution in [0.2, 0.25) is 10.0 Å². The first-order valence-electron chi connectivity index (χ1n) is 11.0. The highest BCUT2D eigenvalue weighted by molar-refractivity contribution is 6.42. The molecule has 1 unspecified atom stereocenters. The zero-order chi connectivity index (χ0) is 21.5. The molecule has 2 bridgehead atoms. The van der Waals surface area contributed by atoms with Crippen molar-refractivity contribution in [3.8, 4) is 0 Å². The Bertz CT molecular complexity index is 825. The fourth-order valence-corrected chi connectivity index (χ4v) is 6.38. The minimum absolute atomic E-state index is 0.0199. The van der Waals surface area contributed by atoms with E-state index in [2.05, 4.69) is 10.6 Å². The van der Waals surface area contributed by atoms with E-state index >= 15 is 4.39 Å². The fourth-order valence-electron chi connectivity index (χ4n) is 5.95. The van der Waals surface area contributed by atoms with Crippen LogP contribution in [0.3, 0.4) is 0 Å². The van der Waals surface area contributed by atoms with Crippen molar-refractivity contribution in [2.45, 2.75) is 76.8 Å². The van der Waals surface area contributed by atoms with Gasteiger partial charge in [0.1, 0.15) is 5.82 Å². The standard InChI is InChI=1S/C23H29Cl2FN2O2/c1-13(29)27-16-3-2-15(12-16)22(30)28-21(19-18(26)5-4-17(24)20(19)25)23-9-6-14(7-10-23)8-11-23/h4-5,14-16,21H,2-3,6-12H2,1H3,(H,27,29)(H,28,30)/t14?,15-,16?,21-,23?/m1/s1. The quantitative estimate of drug-likeness (QED) is 0.571. The number of halogens is 3. The summed E-state index contributed by atoms with van der Waals surface area (Å²) in [6.45, 7) is 1.49. The van der Waals surface area contributed by atoms with Crippen molar-refractivity contribution in [1.82, 2.24) is 10.6 Å². The second-order valence-corrected chi connectivity index (χ2v) is 10.2. The van der Waals surface area contributed by atoms with Crippen molar-refractivity contribution in [2.75, 3.05) is 0 Å². The molecule has 0 spiro atoms. The maximum Gasteiger partial charge on any atom is 0.223 e. The van der Waals surface area contributed by atoms with Crippen LogP contribution in [-0.4, -0.2) is 17.9 Å². The highest BCUT2D eigenvalue weighted by Gasteiger charge is 2.49. The van der Waals surface area contributed by atoms with E-state index < -0.39 is 11.9 Å². The van der Waals surface area contributed by atoms with E-state index in [-0.39, 0.29) is 34.2 Å². The van der Waals surface area contributed by atoms with Crippen molar-refractivity contribution in [3.05, 3.63) is 33.6 Å². The number of amides is 2. The van der Waals surface area contributed by atoms with E-state index in [1.807, 2.05) is 0 Å². The molecule has 5 rings (SSSR count). The minimum atomic E-state index is -0.489. The Balaban J connectivity index is 1.61. The molecule has 4 saturated carbocycles. The molecule has 2 N–H and O–H groups in total. The van der Waals surface area contributed by atoms with Gasteiger partial charge in [0.05, 0.1) is 16.1 Å². The summed E-state index contributed by atoms with van der Waals surface area (Å²) in [5.41, 5.74) is 0.143. The SMILES string of the molecule is CC(=O)NC1CC[C@@H](C(=O)N[C@H](c2c(F)ccc(Cl)c2Cl)C23CCC(CC2)CC3)C1. The lowest BCUT2D eigenvalue weighted by Gasteiger charge is -2.51. The third kappa shape index (κ3) is 4.20. The van der Waals surface area contributed by atoms with Crippen LogP contribution in [0.4, 0.5) is 4.39 Å². The molecular formula is C23H29Cl2FN2O2. The average Bonchev–Trinajstić information content (AvgIpc) is 3.19. The fraction of sp³-hybridized carbons (Fsp3) is 0.652. The number of fused-ring (bicyclic) bond motifs is 3. The molecule has 4 aliphatic rings. The Morgan fingerprint density at radius 3 is 2.40 bits per heavy atom. The van der Waals surface area contributed by atoms with Crippen LogP contribution in [-0.2, 0) is 9.59 Å². The van der Waals surface area contributed by atoms with Gasteiger partial charge >= 0.3 is 0 Å². The molecule has 2 amide bonds. The Labute approximate surface area is 187 Å². The molecule has 4 aliphatic carbocycles. The molecule has 30 heavy (non-hydrogen) atoms. The molecular weight excluding hydrogens is 426 g/mol. The molecule has 1 aromatic carbocycles. The summed E-state index contributed by atoms with van der Waals surface area (Å²) < 4.78 is 15.0. The van der Waals surface area contributed by atoms with Crippen LogP contribution in [0.1, 0.15) is 76.3 Å². The third-order valence-electron chi connectivity index (χ3n) is 7.63. The monoisotopic (exact) mass is 454 g/mol. The zero-order valence-electron chi connectivity index (χ0n) is 17.3. The molecule has 0 radical (unpaired) electrons. The number of hydrogen-bond donors (Lipinski definition) is 2. The highest BCUT2D eigenvalue weighted by Crippen LogP contribution is 2.57. The number of benzene rings is 1. The van der Waals surface area contributed by atoms with Crippen molar-refractivity contribution < 1.29 is 14.0 Å². The zero-order valence-corrected chi connectivity index (χ0v) is 18.8. The van der Waals surface area contributed by atoms with Gasteiger partial charge in [0.25, 0.3) is 0 Å². The average molecular weight is 455 g/mol. The van der Waals surface area contributed by atoms with E-state index in [0.717, 1.165) is 50.9 Å². The van der Waals surface area contributed by atoms with Crippen LogP contribution in [0, 0.1) is 23.1 Å². The van der Waals surface area contributed by atoms with Crippen molar-refractivity contribution in [1.29, 1.82) is 0 Å². The van der Waals surface area contributed by atoms with Crippen molar-refractivity contribution >= 4 is 35.0 Å². The predicted octanol–water partition coefficient (Wildman–Crippen LogP) is 5.57. The predicted molar refractivity (Wildman–Crippen MR) is 116 cm³/mol. The molecule has 0 aromatic heterocycles. The molecule has 0 aliphatic heterocycles. The first-order valence-corrected chi connectivity index (χ1v) is 11.8. The summed E-state index contributed by atoms with van der Waals surface area (Å²) in [6, 6.07) is 2.34. The number of rotatable bonds is 5. The van der Waals surface area contributed by atoms with Gasteiger partial charge in [-0.1, -0.05) is 23.2 Å². The summed E-state index contributed by atoms with van der Waals surface area (Å²) in [7, 11) is 0. The van der Waals surface area contributed by atoms with Crippen LogP contribution in [0.15, 0.2) is 12.1 Å². The summed E-state index contributed by atoms with van der Waals surface area (Å²) in [5, 5.41) is 6.62. The maximum absolute atomic E-state index is 15.0. The molecule has 0 saturated heterocycles. The highest BCUT2D eigenvalue weighted by atomic mass is 35.5. The van der Waals surface area contributed by atoms with Gasteiger partial charge in [-0.3, -0.25) is 9.59 Å². The van der Waals surface area contributed by atoms with Gasteiger partial charge in [0, 0.05) is 24.4 Å². The Hall–Kier alpha value is -1.33. The molecule has 4 fully saturated rings. The van der Waals surface area contributed by atoms with Gasteiger partial charge in [0.15, 0.2) is 0 Å². The van der Waals surface area contributed by atoms with E-state index in [1.54, 1.807) is 0 Å². The first-order chi connectivity index (χ1) is 14.3. The third-order valence-corrected chi connectivity index (χ3v) is 8.45. The number of hydrogen-bond acceptors (Lipinski definition) is 2. The summed E-state index contributed by atoms with van der Waals surface area (Å²) >= 11 is 12.7. The Morgan fingerprint density at radius 2 is 1.77 bits per heavy atom. The molecule has 3 atom stereocenters. The summed E-state index contributed by atoms with van der Waals surface area (Å²) in [4.78, 5) is 24.6. The molecule has 7 heteroatoms. The number of carbonyl (C=O) groups excluding carboxylic acids is 2. The lowest BCUT2D eigenvalue weighted by atomic mass is 9.56. The number of carbonyl (C=O) groups is 2. The van der Waals surface area contributed by atoms with Gasteiger partial charge < -0.3 is 10.6 Å². The van der Waals surface area contributed by atoms with Crippen LogP contribution < -0.4 is 10.6 Å². The molecule has 164 valence electrons. The molecule has 1 aromatic rings. The van der Waals surface area contributed by atoms with Crippen molar-refractivity contribution in [2.24, 2.45) is 17.3 Å². The minimum Gasteiger partial charge on any atom is -0.354 e. The lowest BCUT2D eigenvalue weighted by molar-refractivity contribution is -0.128. The topological polar surface area (TPSA) is 58.2 Å². The second-order valence-electron chi connectivity index (χ2n) is 9.45. The van der Waals surface area contributed by atoms with Gasteiger partial charge in [0.2, 0.25) is 11.8 Å². The summed E-state index contributed by atoms with van der Waals surface area (Å²) in [6.07, 6.45) is 8.32. The Morgan fingerprint density at radius 1 is 1.10 bits per heavy atom. The normalized spacial score (nSPS) is 31.4. The van der Waals surface area contributed by atoms with Gasteiger partial charge in [-0.25, -0.2) is 4.39 Å². The molecule has 0 heterocycles.